The molecule has 0 aliphatic rings. The molecule has 0 aliphatic heterocycles. The fraction of sp³-hybridized carbons (Fsp3) is 0.429. The fourth-order valence-corrected chi connectivity index (χ4v) is 2.26. The molecule has 1 aromatic carbocycles. The van der Waals surface area contributed by atoms with Crippen LogP contribution in [0.2, 0.25) is 5.02 Å². The molecule has 1 amide bonds. The number of carbonyl (C=O) groups is 2. The van der Waals surface area contributed by atoms with Gasteiger partial charge in [0.15, 0.2) is 0 Å². The minimum Gasteiger partial charge on any atom is -0.480 e. The summed E-state index contributed by atoms with van der Waals surface area (Å²) in [7, 11) is 1.45. The number of carboxylic acid groups (broad SMARTS) is 1. The van der Waals surface area contributed by atoms with Crippen molar-refractivity contribution in [2.45, 2.75) is 25.6 Å². The van der Waals surface area contributed by atoms with Crippen LogP contribution in [0.25, 0.3) is 0 Å². The van der Waals surface area contributed by atoms with E-state index in [4.69, 9.17) is 16.7 Å². The number of carboxylic acids is 1. The van der Waals surface area contributed by atoms with E-state index in [0.29, 0.717) is 0 Å². The normalized spacial score (nSPS) is 13.0. The second-order valence-electron chi connectivity index (χ2n) is 4.92. The molecule has 5 nitrogen and oxygen atoms in total. The largest absolute Gasteiger partial charge is 0.480 e. The van der Waals surface area contributed by atoms with Crippen molar-refractivity contribution in [3.63, 3.8) is 0 Å². The van der Waals surface area contributed by atoms with Crippen molar-refractivity contribution < 1.29 is 27.9 Å². The molecule has 0 saturated heterocycles. The number of alkyl halides is 3. The predicted molar refractivity (Wildman–Crippen MR) is 79.4 cm³/mol. The zero-order valence-corrected chi connectivity index (χ0v) is 13.2. The Bertz CT molecular complexity index is 593. The lowest BCUT2D eigenvalue weighted by Crippen LogP contribution is -2.42. The number of hydrogen-bond donors (Lipinski definition) is 2. The monoisotopic (exact) mass is 352 g/mol. The minimum absolute atomic E-state index is 0.0662. The van der Waals surface area contributed by atoms with Gasteiger partial charge in [0.25, 0.3) is 0 Å². The highest BCUT2D eigenvalue weighted by Gasteiger charge is 2.33. The Balaban J connectivity index is 2.80. The Hall–Kier alpha value is -1.80. The minimum atomic E-state index is -4.63. The molecule has 0 aromatic heterocycles. The van der Waals surface area contributed by atoms with E-state index >= 15 is 0 Å². The lowest BCUT2D eigenvalue weighted by Gasteiger charge is -2.22. The summed E-state index contributed by atoms with van der Waals surface area (Å²) in [4.78, 5) is 24.1. The van der Waals surface area contributed by atoms with Gasteiger partial charge in [-0.05, 0) is 31.7 Å². The highest BCUT2D eigenvalue weighted by molar-refractivity contribution is 6.31. The van der Waals surface area contributed by atoms with E-state index in [1.54, 1.807) is 6.92 Å². The Morgan fingerprint density at radius 1 is 1.39 bits per heavy atom. The Morgan fingerprint density at radius 3 is 2.48 bits per heavy atom. The number of nitrogens with one attached hydrogen (secondary N) is 1. The summed E-state index contributed by atoms with van der Waals surface area (Å²) >= 11 is 5.49. The standard InChI is InChI=1S/C14H16ClF3N2O3/c1-3-11(13(22)23)20(2)7-12(21)19-8-4-5-10(15)9(6-8)14(16,17)18/h4-6,11H,3,7H2,1-2H3,(H,19,21)(H,22,23). The van der Waals surface area contributed by atoms with Gasteiger partial charge in [-0.3, -0.25) is 14.5 Å². The molecule has 128 valence electrons. The summed E-state index contributed by atoms with van der Waals surface area (Å²) in [6.07, 6.45) is -4.34. The first-order valence-corrected chi connectivity index (χ1v) is 7.03. The third-order valence-electron chi connectivity index (χ3n) is 3.15. The number of amides is 1. The van der Waals surface area contributed by atoms with Crippen molar-refractivity contribution in [2.24, 2.45) is 0 Å². The summed E-state index contributed by atoms with van der Waals surface area (Å²) in [5.41, 5.74) is -1.12. The lowest BCUT2D eigenvalue weighted by molar-refractivity contribution is -0.143. The zero-order valence-electron chi connectivity index (χ0n) is 12.4. The average molecular weight is 353 g/mol. The van der Waals surface area contributed by atoms with Crippen LogP contribution in [0.3, 0.4) is 0 Å². The number of anilines is 1. The van der Waals surface area contributed by atoms with Crippen LogP contribution in [0.5, 0.6) is 0 Å². The van der Waals surface area contributed by atoms with Crippen LogP contribution in [0.4, 0.5) is 18.9 Å². The van der Waals surface area contributed by atoms with Crippen molar-refractivity contribution in [1.82, 2.24) is 4.90 Å². The molecule has 1 rings (SSSR count). The SMILES string of the molecule is CCC(C(=O)O)N(C)CC(=O)Nc1ccc(Cl)c(C(F)(F)F)c1. The number of rotatable bonds is 6. The second-order valence-corrected chi connectivity index (χ2v) is 5.33. The Morgan fingerprint density at radius 2 is 2.00 bits per heavy atom. The van der Waals surface area contributed by atoms with E-state index in [1.165, 1.54) is 18.0 Å². The predicted octanol–water partition coefficient (Wildman–Crippen LogP) is 3.09. The smallest absolute Gasteiger partial charge is 0.417 e. The van der Waals surface area contributed by atoms with Crippen LogP contribution < -0.4 is 5.32 Å². The molecule has 1 atom stereocenters. The van der Waals surface area contributed by atoms with Gasteiger partial charge in [0, 0.05) is 5.69 Å². The summed E-state index contributed by atoms with van der Waals surface area (Å²) in [5, 5.41) is 10.8. The van der Waals surface area contributed by atoms with Gasteiger partial charge >= 0.3 is 12.1 Å². The fourth-order valence-electron chi connectivity index (χ4n) is 2.03. The van der Waals surface area contributed by atoms with Crippen molar-refractivity contribution in [1.29, 1.82) is 0 Å². The molecule has 9 heteroatoms. The summed E-state index contributed by atoms with van der Waals surface area (Å²) < 4.78 is 38.2. The highest BCUT2D eigenvalue weighted by Crippen LogP contribution is 2.36. The van der Waals surface area contributed by atoms with Crippen LogP contribution >= 0.6 is 11.6 Å². The van der Waals surface area contributed by atoms with Crippen LogP contribution in [0, 0.1) is 0 Å². The molecule has 2 N–H and O–H groups in total. The van der Waals surface area contributed by atoms with Gasteiger partial charge in [0.05, 0.1) is 17.1 Å². The third-order valence-corrected chi connectivity index (χ3v) is 3.48. The van der Waals surface area contributed by atoms with Gasteiger partial charge in [-0.1, -0.05) is 18.5 Å². The summed E-state index contributed by atoms with van der Waals surface area (Å²) in [5.74, 6) is -1.70. The summed E-state index contributed by atoms with van der Waals surface area (Å²) in [6, 6.07) is 2.16. The lowest BCUT2D eigenvalue weighted by atomic mass is 10.2. The Labute approximate surface area is 136 Å². The topological polar surface area (TPSA) is 69.6 Å². The van der Waals surface area contributed by atoms with Crippen LogP contribution in [0.15, 0.2) is 18.2 Å². The van der Waals surface area contributed by atoms with E-state index in [0.717, 1.165) is 12.1 Å². The Kier molecular flexibility index (Phi) is 6.40. The molecule has 0 radical (unpaired) electrons. The first kappa shape index (κ1) is 19.2. The van der Waals surface area contributed by atoms with E-state index in [2.05, 4.69) is 5.32 Å². The molecule has 1 unspecified atom stereocenters. The number of hydrogen-bond acceptors (Lipinski definition) is 3. The number of halogens is 4. The molecule has 0 bridgehead atoms. The maximum absolute atomic E-state index is 12.7. The molecule has 1 aromatic rings. The molecule has 23 heavy (non-hydrogen) atoms. The first-order valence-electron chi connectivity index (χ1n) is 6.66. The zero-order chi connectivity index (χ0) is 17.8. The number of nitrogens with zero attached hydrogens (tertiary/aromatic N) is 1. The van der Waals surface area contributed by atoms with Crippen molar-refractivity contribution in [3.8, 4) is 0 Å². The van der Waals surface area contributed by atoms with E-state index in [9.17, 15) is 22.8 Å². The molecular weight excluding hydrogens is 337 g/mol. The summed E-state index contributed by atoms with van der Waals surface area (Å²) in [6.45, 7) is 1.39. The van der Waals surface area contributed by atoms with Crippen molar-refractivity contribution >= 4 is 29.2 Å². The number of aliphatic carboxylic acids is 1. The maximum Gasteiger partial charge on any atom is 0.417 e. The highest BCUT2D eigenvalue weighted by atomic mass is 35.5. The molecule has 0 aliphatic carbocycles. The van der Waals surface area contributed by atoms with E-state index in [-0.39, 0.29) is 18.7 Å². The first-order chi connectivity index (χ1) is 10.6. The van der Waals surface area contributed by atoms with Gasteiger partial charge < -0.3 is 10.4 Å². The second kappa shape index (κ2) is 7.65. The van der Waals surface area contributed by atoms with Crippen LogP contribution in [-0.2, 0) is 15.8 Å². The van der Waals surface area contributed by atoms with Gasteiger partial charge in [0.1, 0.15) is 6.04 Å². The van der Waals surface area contributed by atoms with Crippen LogP contribution in [-0.4, -0.2) is 41.5 Å². The average Bonchev–Trinajstić information content (AvgIpc) is 2.39. The van der Waals surface area contributed by atoms with Gasteiger partial charge in [-0.2, -0.15) is 13.2 Å². The van der Waals surface area contributed by atoms with Crippen molar-refractivity contribution in [2.75, 3.05) is 18.9 Å². The maximum atomic E-state index is 12.7. The third kappa shape index (κ3) is 5.40. The molecule has 0 fully saturated rings. The molecule has 0 saturated carbocycles. The quantitative estimate of drug-likeness (QED) is 0.825. The van der Waals surface area contributed by atoms with Crippen molar-refractivity contribution in [3.05, 3.63) is 28.8 Å². The van der Waals surface area contributed by atoms with Gasteiger partial charge in [-0.25, -0.2) is 0 Å². The number of carbonyl (C=O) groups excluding carboxylic acids is 1. The molecule has 0 heterocycles. The number of benzene rings is 1. The number of likely N-dealkylation sites (N-methyl/N-ethyl adjacent to an activating group) is 1. The van der Waals surface area contributed by atoms with E-state index < -0.39 is 34.7 Å². The molecule has 0 spiro atoms. The van der Waals surface area contributed by atoms with Gasteiger partial charge in [0.2, 0.25) is 5.91 Å². The molecular formula is C14H16ClF3N2O3. The van der Waals surface area contributed by atoms with E-state index in [1.807, 2.05) is 0 Å². The van der Waals surface area contributed by atoms with Crippen LogP contribution in [0.1, 0.15) is 18.9 Å². The van der Waals surface area contributed by atoms with Gasteiger partial charge in [-0.15, -0.1) is 0 Å².